The number of hydrogen-bond acceptors (Lipinski definition) is 4. The molecule has 2 heterocycles. The molecule has 0 unspecified atom stereocenters. The highest BCUT2D eigenvalue weighted by molar-refractivity contribution is 5.79. The number of amides is 1. The molecule has 5 nitrogen and oxygen atoms in total. The average Bonchev–Trinajstić information content (AvgIpc) is 2.68. The largest absolute Gasteiger partial charge is 0.375 e. The molecule has 1 aromatic carbocycles. The van der Waals surface area contributed by atoms with Gasteiger partial charge in [0, 0.05) is 49.5 Å². The number of carbonyl (C=O) groups excluding carboxylic acids is 2. The number of hydrogen-bond donors (Lipinski definition) is 0. The maximum Gasteiger partial charge on any atom is 0.226 e. The van der Waals surface area contributed by atoms with Crippen LogP contribution in [-0.4, -0.2) is 55.0 Å². The summed E-state index contributed by atoms with van der Waals surface area (Å²) in [6.07, 6.45) is 4.49. The number of ether oxygens (including phenoxy) is 1. The lowest BCUT2D eigenvalue weighted by Gasteiger charge is -2.43. The number of benzene rings is 1. The molecule has 2 saturated heterocycles. The van der Waals surface area contributed by atoms with Crippen LogP contribution in [0, 0.1) is 5.92 Å². The predicted octanol–water partition coefficient (Wildman–Crippen LogP) is 3.52. The molecular formula is C22H32N2O3. The smallest absolute Gasteiger partial charge is 0.226 e. The number of piperidine rings is 1. The highest BCUT2D eigenvalue weighted by Gasteiger charge is 2.36. The van der Waals surface area contributed by atoms with E-state index in [9.17, 15) is 9.59 Å². The Labute approximate surface area is 162 Å². The van der Waals surface area contributed by atoms with Gasteiger partial charge in [-0.1, -0.05) is 0 Å². The molecule has 148 valence electrons. The van der Waals surface area contributed by atoms with E-state index in [-0.39, 0.29) is 11.5 Å². The Morgan fingerprint density at radius 2 is 1.89 bits per heavy atom. The zero-order valence-electron chi connectivity index (χ0n) is 16.8. The third-order valence-corrected chi connectivity index (χ3v) is 5.97. The molecule has 1 atom stereocenters. The van der Waals surface area contributed by atoms with E-state index in [4.69, 9.17) is 4.74 Å². The fourth-order valence-corrected chi connectivity index (χ4v) is 4.44. The topological polar surface area (TPSA) is 49.9 Å². The standard InChI is InChI=1S/C22H32N2O3/c1-4-24(20-11-14-27-22(2,3)15-20)21(26)18-9-12-23(13-10-18)19-7-5-17(16-25)6-8-19/h5-8,16,18,20H,4,9-15H2,1-3H3/t20-/m0/s1. The van der Waals surface area contributed by atoms with Crippen molar-refractivity contribution in [2.45, 2.75) is 58.1 Å². The molecule has 0 bridgehead atoms. The van der Waals surface area contributed by atoms with Crippen molar-refractivity contribution in [3.8, 4) is 0 Å². The Morgan fingerprint density at radius 1 is 1.22 bits per heavy atom. The monoisotopic (exact) mass is 372 g/mol. The van der Waals surface area contributed by atoms with Crippen LogP contribution in [0.3, 0.4) is 0 Å². The van der Waals surface area contributed by atoms with Crippen LogP contribution in [0.2, 0.25) is 0 Å². The first kappa shape index (κ1) is 19.9. The highest BCUT2D eigenvalue weighted by Crippen LogP contribution is 2.30. The highest BCUT2D eigenvalue weighted by atomic mass is 16.5. The van der Waals surface area contributed by atoms with Gasteiger partial charge in [-0.3, -0.25) is 9.59 Å². The molecule has 0 spiro atoms. The van der Waals surface area contributed by atoms with Crippen molar-refractivity contribution in [1.29, 1.82) is 0 Å². The molecule has 0 radical (unpaired) electrons. The van der Waals surface area contributed by atoms with Gasteiger partial charge in [0.2, 0.25) is 5.91 Å². The summed E-state index contributed by atoms with van der Waals surface area (Å²) >= 11 is 0. The SMILES string of the molecule is CCN(C(=O)C1CCN(c2ccc(C=O)cc2)CC1)[C@H]1CCOC(C)(C)C1. The van der Waals surface area contributed by atoms with Crippen molar-refractivity contribution < 1.29 is 14.3 Å². The van der Waals surface area contributed by atoms with Crippen LogP contribution in [0.25, 0.3) is 0 Å². The van der Waals surface area contributed by atoms with Crippen LogP contribution in [0.4, 0.5) is 5.69 Å². The van der Waals surface area contributed by atoms with Gasteiger partial charge in [-0.15, -0.1) is 0 Å². The molecule has 1 amide bonds. The summed E-state index contributed by atoms with van der Waals surface area (Å²) in [7, 11) is 0. The molecule has 0 aliphatic carbocycles. The van der Waals surface area contributed by atoms with Gasteiger partial charge < -0.3 is 14.5 Å². The molecule has 2 aliphatic rings. The number of aldehydes is 1. The summed E-state index contributed by atoms with van der Waals surface area (Å²) < 4.78 is 5.83. The van der Waals surface area contributed by atoms with Gasteiger partial charge in [0.05, 0.1) is 5.60 Å². The minimum atomic E-state index is -0.145. The molecular weight excluding hydrogens is 340 g/mol. The zero-order chi connectivity index (χ0) is 19.4. The van der Waals surface area contributed by atoms with Crippen LogP contribution < -0.4 is 4.90 Å². The van der Waals surface area contributed by atoms with E-state index in [0.717, 1.165) is 63.9 Å². The van der Waals surface area contributed by atoms with Gasteiger partial charge in [-0.25, -0.2) is 0 Å². The minimum absolute atomic E-state index is 0.112. The summed E-state index contributed by atoms with van der Waals surface area (Å²) in [5, 5.41) is 0. The Kier molecular flexibility index (Phi) is 6.20. The Balaban J connectivity index is 1.58. The lowest BCUT2D eigenvalue weighted by atomic mass is 9.90. The van der Waals surface area contributed by atoms with Crippen LogP contribution in [0.1, 0.15) is 56.8 Å². The lowest BCUT2D eigenvalue weighted by Crippen LogP contribution is -2.51. The lowest BCUT2D eigenvalue weighted by molar-refractivity contribution is -0.144. The zero-order valence-corrected chi connectivity index (χ0v) is 16.8. The summed E-state index contributed by atoms with van der Waals surface area (Å²) in [5.41, 5.74) is 1.68. The fraction of sp³-hybridized carbons (Fsp3) is 0.636. The van der Waals surface area contributed by atoms with E-state index in [1.54, 1.807) is 0 Å². The second kappa shape index (κ2) is 8.42. The molecule has 3 rings (SSSR count). The van der Waals surface area contributed by atoms with E-state index in [0.29, 0.717) is 17.5 Å². The number of rotatable bonds is 5. The molecule has 0 saturated carbocycles. The Bertz CT molecular complexity index is 648. The maximum atomic E-state index is 13.2. The van der Waals surface area contributed by atoms with Crippen molar-refractivity contribution in [3.63, 3.8) is 0 Å². The van der Waals surface area contributed by atoms with Gasteiger partial charge in [0.25, 0.3) is 0 Å². The second-order valence-electron chi connectivity index (χ2n) is 8.35. The molecule has 2 aliphatic heterocycles. The first-order valence-corrected chi connectivity index (χ1v) is 10.2. The number of anilines is 1. The quantitative estimate of drug-likeness (QED) is 0.742. The summed E-state index contributed by atoms with van der Waals surface area (Å²) in [6, 6.07) is 7.99. The van der Waals surface area contributed by atoms with Crippen LogP contribution in [0.5, 0.6) is 0 Å². The number of nitrogens with zero attached hydrogens (tertiary/aromatic N) is 2. The van der Waals surface area contributed by atoms with Crippen molar-refractivity contribution in [1.82, 2.24) is 4.90 Å². The van der Waals surface area contributed by atoms with E-state index in [2.05, 4.69) is 30.6 Å². The summed E-state index contributed by atoms with van der Waals surface area (Å²) in [5.74, 6) is 0.428. The molecule has 0 N–H and O–H groups in total. The van der Waals surface area contributed by atoms with Crippen molar-refractivity contribution >= 4 is 17.9 Å². The van der Waals surface area contributed by atoms with E-state index in [1.807, 2.05) is 24.3 Å². The van der Waals surface area contributed by atoms with Crippen molar-refractivity contribution in [2.75, 3.05) is 31.1 Å². The van der Waals surface area contributed by atoms with Gasteiger partial charge in [0.1, 0.15) is 6.29 Å². The third-order valence-electron chi connectivity index (χ3n) is 5.97. The van der Waals surface area contributed by atoms with Crippen LogP contribution in [0.15, 0.2) is 24.3 Å². The molecule has 27 heavy (non-hydrogen) atoms. The average molecular weight is 373 g/mol. The minimum Gasteiger partial charge on any atom is -0.375 e. The van der Waals surface area contributed by atoms with Gasteiger partial charge in [-0.2, -0.15) is 0 Å². The van der Waals surface area contributed by atoms with E-state index >= 15 is 0 Å². The van der Waals surface area contributed by atoms with Gasteiger partial charge in [0.15, 0.2) is 0 Å². The molecule has 1 aromatic rings. The first-order valence-electron chi connectivity index (χ1n) is 10.2. The summed E-state index contributed by atoms with van der Waals surface area (Å²) in [4.78, 5) is 28.4. The first-order chi connectivity index (χ1) is 12.9. The Morgan fingerprint density at radius 3 is 2.44 bits per heavy atom. The fourth-order valence-electron chi connectivity index (χ4n) is 4.44. The second-order valence-corrected chi connectivity index (χ2v) is 8.35. The van der Waals surface area contributed by atoms with Crippen molar-refractivity contribution in [2.24, 2.45) is 5.92 Å². The molecule has 0 aromatic heterocycles. The predicted molar refractivity (Wildman–Crippen MR) is 107 cm³/mol. The maximum absolute atomic E-state index is 13.2. The van der Waals surface area contributed by atoms with Gasteiger partial charge in [-0.05, 0) is 70.7 Å². The van der Waals surface area contributed by atoms with Gasteiger partial charge >= 0.3 is 0 Å². The van der Waals surface area contributed by atoms with Crippen LogP contribution >= 0.6 is 0 Å². The van der Waals surface area contributed by atoms with Crippen molar-refractivity contribution in [3.05, 3.63) is 29.8 Å². The van der Waals surface area contributed by atoms with E-state index in [1.165, 1.54) is 0 Å². The van der Waals surface area contributed by atoms with Crippen LogP contribution in [-0.2, 0) is 9.53 Å². The normalized spacial score (nSPS) is 23.1. The van der Waals surface area contributed by atoms with E-state index < -0.39 is 0 Å². The third kappa shape index (κ3) is 4.70. The number of carbonyl (C=O) groups is 2. The molecule has 5 heteroatoms. The molecule has 2 fully saturated rings. The summed E-state index contributed by atoms with van der Waals surface area (Å²) in [6.45, 7) is 9.59. The Hall–Kier alpha value is -1.88.